The number of rotatable bonds is 1. The molecule has 0 spiro atoms. The molecule has 0 radical (unpaired) electrons. The lowest BCUT2D eigenvalue weighted by Crippen LogP contribution is -1.96. The van der Waals surface area contributed by atoms with E-state index >= 15 is 0 Å². The van der Waals surface area contributed by atoms with Gasteiger partial charge in [-0.25, -0.2) is 4.98 Å². The number of aryl methyl sites for hydroxylation is 2. The van der Waals surface area contributed by atoms with Crippen LogP contribution in [0, 0.1) is 13.8 Å². The van der Waals surface area contributed by atoms with Crippen molar-refractivity contribution in [3.8, 4) is 11.1 Å². The Labute approximate surface area is 100 Å². The Balaban J connectivity index is 2.63. The van der Waals surface area contributed by atoms with Gasteiger partial charge < -0.3 is 5.73 Å². The van der Waals surface area contributed by atoms with Gasteiger partial charge in [-0.3, -0.25) is 0 Å². The Morgan fingerprint density at radius 3 is 2.50 bits per heavy atom. The van der Waals surface area contributed by atoms with Gasteiger partial charge in [0.1, 0.15) is 5.82 Å². The first-order chi connectivity index (χ1) is 7.59. The topological polar surface area (TPSA) is 38.9 Å². The second-order valence-electron chi connectivity index (χ2n) is 3.85. The molecule has 2 N–H and O–H groups in total. The first-order valence-electron chi connectivity index (χ1n) is 5.07. The normalized spacial score (nSPS) is 10.4. The summed E-state index contributed by atoms with van der Waals surface area (Å²) in [6, 6.07) is 7.88. The summed E-state index contributed by atoms with van der Waals surface area (Å²) in [6.45, 7) is 3.99. The Kier molecular flexibility index (Phi) is 2.84. The summed E-state index contributed by atoms with van der Waals surface area (Å²) in [6.07, 6.45) is 1.71. The first kappa shape index (κ1) is 11.0. The highest BCUT2D eigenvalue weighted by Gasteiger charge is 2.08. The molecule has 1 aromatic heterocycles. The zero-order valence-electron chi connectivity index (χ0n) is 9.29. The molecule has 0 fully saturated rings. The van der Waals surface area contributed by atoms with Gasteiger partial charge in [0.05, 0.1) is 0 Å². The lowest BCUT2D eigenvalue weighted by atomic mass is 10.0. The molecular formula is C13H13ClN2. The van der Waals surface area contributed by atoms with E-state index in [9.17, 15) is 0 Å². The Bertz CT molecular complexity index is 515. The number of hydrogen-bond donors (Lipinski definition) is 1. The van der Waals surface area contributed by atoms with Crippen molar-refractivity contribution in [2.75, 3.05) is 5.73 Å². The van der Waals surface area contributed by atoms with Crippen molar-refractivity contribution in [2.24, 2.45) is 0 Å². The van der Waals surface area contributed by atoms with Gasteiger partial charge in [-0.2, -0.15) is 0 Å². The molecule has 82 valence electrons. The summed E-state index contributed by atoms with van der Waals surface area (Å²) < 4.78 is 0. The molecule has 0 aliphatic rings. The highest BCUT2D eigenvalue weighted by Crippen LogP contribution is 2.30. The van der Waals surface area contributed by atoms with Crippen LogP contribution in [0.4, 0.5) is 5.82 Å². The second-order valence-corrected chi connectivity index (χ2v) is 4.26. The van der Waals surface area contributed by atoms with E-state index in [2.05, 4.69) is 4.98 Å². The van der Waals surface area contributed by atoms with Crippen molar-refractivity contribution in [1.82, 2.24) is 4.98 Å². The van der Waals surface area contributed by atoms with E-state index in [1.165, 1.54) is 0 Å². The van der Waals surface area contributed by atoms with Crippen LogP contribution in [0.15, 0.2) is 30.5 Å². The summed E-state index contributed by atoms with van der Waals surface area (Å²) in [5.41, 5.74) is 10.0. The molecular weight excluding hydrogens is 220 g/mol. The lowest BCUT2D eigenvalue weighted by Gasteiger charge is -2.09. The van der Waals surface area contributed by atoms with Crippen LogP contribution >= 0.6 is 11.6 Å². The first-order valence-corrected chi connectivity index (χ1v) is 5.45. The molecule has 2 aromatic rings. The van der Waals surface area contributed by atoms with E-state index in [0.29, 0.717) is 5.82 Å². The van der Waals surface area contributed by atoms with Crippen molar-refractivity contribution in [1.29, 1.82) is 0 Å². The minimum absolute atomic E-state index is 0.542. The van der Waals surface area contributed by atoms with E-state index in [4.69, 9.17) is 17.3 Å². The summed E-state index contributed by atoms with van der Waals surface area (Å²) in [5, 5.41) is 0.750. The minimum Gasteiger partial charge on any atom is -0.383 e. The maximum atomic E-state index is 6.11. The van der Waals surface area contributed by atoms with Crippen LogP contribution < -0.4 is 5.73 Å². The summed E-state index contributed by atoms with van der Waals surface area (Å²) >= 11 is 6.11. The van der Waals surface area contributed by atoms with E-state index in [0.717, 1.165) is 27.3 Å². The molecule has 2 nitrogen and oxygen atoms in total. The zero-order valence-corrected chi connectivity index (χ0v) is 10.0. The van der Waals surface area contributed by atoms with Crippen LogP contribution in [0.2, 0.25) is 5.02 Å². The van der Waals surface area contributed by atoms with E-state index in [1.54, 1.807) is 6.20 Å². The van der Waals surface area contributed by atoms with E-state index in [-0.39, 0.29) is 0 Å². The summed E-state index contributed by atoms with van der Waals surface area (Å²) in [4.78, 5) is 4.10. The minimum atomic E-state index is 0.542. The Morgan fingerprint density at radius 1 is 1.12 bits per heavy atom. The predicted molar refractivity (Wildman–Crippen MR) is 68.6 cm³/mol. The monoisotopic (exact) mass is 232 g/mol. The number of nitrogens with two attached hydrogens (primary N) is 1. The largest absolute Gasteiger partial charge is 0.383 e. The number of nitrogen functional groups attached to an aromatic ring is 1. The van der Waals surface area contributed by atoms with Crippen LogP contribution in [-0.2, 0) is 0 Å². The molecule has 3 heteroatoms. The SMILES string of the molecule is Cc1ccc(-c2c(C)ccnc2N)cc1Cl. The fourth-order valence-electron chi connectivity index (χ4n) is 1.70. The van der Waals surface area contributed by atoms with Gasteiger partial charge in [0.2, 0.25) is 0 Å². The Morgan fingerprint density at radius 2 is 1.88 bits per heavy atom. The molecule has 16 heavy (non-hydrogen) atoms. The number of nitrogens with zero attached hydrogens (tertiary/aromatic N) is 1. The highest BCUT2D eigenvalue weighted by molar-refractivity contribution is 6.31. The predicted octanol–water partition coefficient (Wildman–Crippen LogP) is 3.60. The van der Waals surface area contributed by atoms with Crippen LogP contribution in [-0.4, -0.2) is 4.98 Å². The van der Waals surface area contributed by atoms with Crippen LogP contribution in [0.5, 0.6) is 0 Å². The third-order valence-electron chi connectivity index (χ3n) is 2.65. The third kappa shape index (κ3) is 1.89. The quantitative estimate of drug-likeness (QED) is 0.816. The molecule has 0 unspecified atom stereocenters. The average Bonchev–Trinajstić information content (AvgIpc) is 2.23. The summed E-state index contributed by atoms with van der Waals surface area (Å²) in [5.74, 6) is 0.542. The summed E-state index contributed by atoms with van der Waals surface area (Å²) in [7, 11) is 0. The number of benzene rings is 1. The standard InChI is InChI=1S/C13H13ClN2/c1-8-3-4-10(7-11(8)14)12-9(2)5-6-16-13(12)15/h3-7H,1-2H3,(H2,15,16). The number of hydrogen-bond acceptors (Lipinski definition) is 2. The van der Waals surface area contributed by atoms with Gasteiger partial charge in [0, 0.05) is 16.8 Å². The zero-order chi connectivity index (χ0) is 11.7. The third-order valence-corrected chi connectivity index (χ3v) is 3.06. The molecule has 2 rings (SSSR count). The van der Waals surface area contributed by atoms with Crippen LogP contribution in [0.3, 0.4) is 0 Å². The van der Waals surface area contributed by atoms with Gasteiger partial charge in [0.15, 0.2) is 0 Å². The second kappa shape index (κ2) is 4.14. The molecule has 0 saturated carbocycles. The van der Waals surface area contributed by atoms with Crippen molar-refractivity contribution in [3.05, 3.63) is 46.6 Å². The molecule has 0 atom stereocenters. The van der Waals surface area contributed by atoms with Gasteiger partial charge in [0.25, 0.3) is 0 Å². The van der Waals surface area contributed by atoms with Gasteiger partial charge in [-0.1, -0.05) is 23.7 Å². The molecule has 0 aliphatic carbocycles. The fraction of sp³-hybridized carbons (Fsp3) is 0.154. The van der Waals surface area contributed by atoms with Crippen LogP contribution in [0.1, 0.15) is 11.1 Å². The maximum absolute atomic E-state index is 6.11. The number of halogens is 1. The molecule has 0 amide bonds. The molecule has 0 bridgehead atoms. The van der Waals surface area contributed by atoms with E-state index in [1.807, 2.05) is 38.1 Å². The molecule has 1 aromatic carbocycles. The molecule has 1 heterocycles. The average molecular weight is 233 g/mol. The van der Waals surface area contributed by atoms with Crippen molar-refractivity contribution in [2.45, 2.75) is 13.8 Å². The highest BCUT2D eigenvalue weighted by atomic mass is 35.5. The Hall–Kier alpha value is -1.54. The van der Waals surface area contributed by atoms with Crippen LogP contribution in [0.25, 0.3) is 11.1 Å². The number of anilines is 1. The lowest BCUT2D eigenvalue weighted by molar-refractivity contribution is 1.29. The molecule has 0 saturated heterocycles. The fourth-order valence-corrected chi connectivity index (χ4v) is 1.88. The maximum Gasteiger partial charge on any atom is 0.131 e. The molecule has 0 aliphatic heterocycles. The number of aromatic nitrogens is 1. The van der Waals surface area contributed by atoms with E-state index < -0.39 is 0 Å². The van der Waals surface area contributed by atoms with Crippen molar-refractivity contribution < 1.29 is 0 Å². The van der Waals surface area contributed by atoms with Crippen molar-refractivity contribution in [3.63, 3.8) is 0 Å². The van der Waals surface area contributed by atoms with Gasteiger partial charge in [-0.05, 0) is 42.7 Å². The number of pyridine rings is 1. The van der Waals surface area contributed by atoms with Gasteiger partial charge in [-0.15, -0.1) is 0 Å². The smallest absolute Gasteiger partial charge is 0.131 e. The van der Waals surface area contributed by atoms with Gasteiger partial charge >= 0.3 is 0 Å². The van der Waals surface area contributed by atoms with Crippen molar-refractivity contribution >= 4 is 17.4 Å².